The Morgan fingerprint density at radius 2 is 2.44 bits per heavy atom. The highest BCUT2D eigenvalue weighted by molar-refractivity contribution is 4.74. The van der Waals surface area contributed by atoms with E-state index in [1.807, 2.05) is 4.90 Å². The van der Waals surface area contributed by atoms with Crippen molar-refractivity contribution < 1.29 is 4.39 Å². The van der Waals surface area contributed by atoms with Crippen molar-refractivity contribution in [3.8, 4) is 0 Å². The van der Waals surface area contributed by atoms with E-state index in [9.17, 15) is 4.39 Å². The van der Waals surface area contributed by atoms with Crippen LogP contribution in [0, 0.1) is 0 Å². The van der Waals surface area contributed by atoms with Crippen molar-refractivity contribution in [3.05, 3.63) is 0 Å². The van der Waals surface area contributed by atoms with Gasteiger partial charge in [0.1, 0.15) is 6.17 Å². The summed E-state index contributed by atoms with van der Waals surface area (Å²) in [4.78, 5) is 2.00. The van der Waals surface area contributed by atoms with Gasteiger partial charge in [-0.15, -0.1) is 0 Å². The molecule has 1 aliphatic heterocycles. The normalized spacial score (nSPS) is 29.3. The van der Waals surface area contributed by atoms with E-state index in [1.54, 1.807) is 0 Å². The summed E-state index contributed by atoms with van der Waals surface area (Å²) < 4.78 is 12.4. The third kappa shape index (κ3) is 1.91. The standard InChI is InChI=1S/C6H12FN2/c7-6-1-3-9(5-6)4-2-8/h6,8H,1-5H2/t6-/m0/s1. The molecule has 0 aliphatic carbocycles. The van der Waals surface area contributed by atoms with E-state index in [0.29, 0.717) is 19.5 Å². The minimum atomic E-state index is -0.628. The van der Waals surface area contributed by atoms with Crippen LogP contribution in [-0.2, 0) is 0 Å². The van der Waals surface area contributed by atoms with Crippen LogP contribution < -0.4 is 5.73 Å². The predicted molar refractivity (Wildman–Crippen MR) is 33.9 cm³/mol. The Kier molecular flexibility index (Phi) is 2.42. The SMILES string of the molecule is [NH]CCN1CC[C@H](F)C1. The third-order valence-corrected chi connectivity index (χ3v) is 1.64. The molecule has 3 heteroatoms. The summed E-state index contributed by atoms with van der Waals surface area (Å²) in [5.74, 6) is 0. The van der Waals surface area contributed by atoms with Crippen LogP contribution in [0.1, 0.15) is 6.42 Å². The number of hydrogen-bond acceptors (Lipinski definition) is 1. The molecule has 1 radical (unpaired) electrons. The molecule has 2 nitrogen and oxygen atoms in total. The number of alkyl halides is 1. The van der Waals surface area contributed by atoms with Crippen LogP contribution in [0.25, 0.3) is 0 Å². The second-order valence-corrected chi connectivity index (χ2v) is 2.44. The van der Waals surface area contributed by atoms with Gasteiger partial charge in [-0.2, -0.15) is 0 Å². The van der Waals surface area contributed by atoms with Gasteiger partial charge in [-0.3, -0.25) is 10.6 Å². The zero-order valence-electron chi connectivity index (χ0n) is 5.44. The fourth-order valence-corrected chi connectivity index (χ4v) is 1.15. The molecule has 0 amide bonds. The lowest BCUT2D eigenvalue weighted by Crippen LogP contribution is -2.24. The van der Waals surface area contributed by atoms with Crippen LogP contribution in [0.5, 0.6) is 0 Å². The van der Waals surface area contributed by atoms with Crippen molar-refractivity contribution in [2.45, 2.75) is 12.6 Å². The number of nitrogens with zero attached hydrogens (tertiary/aromatic N) is 1. The first-order chi connectivity index (χ1) is 4.33. The van der Waals surface area contributed by atoms with Crippen LogP contribution in [0.15, 0.2) is 0 Å². The molecule has 0 aromatic carbocycles. The zero-order valence-corrected chi connectivity index (χ0v) is 5.44. The molecule has 0 saturated carbocycles. The molecule has 9 heavy (non-hydrogen) atoms. The maximum atomic E-state index is 12.4. The molecule has 1 N–H and O–H groups in total. The maximum Gasteiger partial charge on any atom is 0.114 e. The topological polar surface area (TPSA) is 27.0 Å². The Balaban J connectivity index is 2.14. The maximum absolute atomic E-state index is 12.4. The van der Waals surface area contributed by atoms with Crippen molar-refractivity contribution in [1.82, 2.24) is 10.6 Å². The fourth-order valence-electron chi connectivity index (χ4n) is 1.15. The minimum absolute atomic E-state index is 0.396. The zero-order chi connectivity index (χ0) is 6.69. The first-order valence-electron chi connectivity index (χ1n) is 3.34. The van der Waals surface area contributed by atoms with E-state index in [2.05, 4.69) is 0 Å². The van der Waals surface area contributed by atoms with Gasteiger partial charge in [0, 0.05) is 26.2 Å². The van der Waals surface area contributed by atoms with Crippen molar-refractivity contribution in [3.63, 3.8) is 0 Å². The smallest absolute Gasteiger partial charge is 0.114 e. The van der Waals surface area contributed by atoms with Gasteiger partial charge in [-0.05, 0) is 6.42 Å². The molecular formula is C6H12FN2. The first-order valence-corrected chi connectivity index (χ1v) is 3.34. The van der Waals surface area contributed by atoms with Crippen molar-refractivity contribution in [2.24, 2.45) is 0 Å². The Hall–Kier alpha value is -0.150. The van der Waals surface area contributed by atoms with E-state index >= 15 is 0 Å². The molecule has 0 aromatic rings. The van der Waals surface area contributed by atoms with Gasteiger partial charge in [0.25, 0.3) is 0 Å². The lowest BCUT2D eigenvalue weighted by atomic mass is 10.3. The molecule has 0 bridgehead atoms. The second kappa shape index (κ2) is 3.13. The van der Waals surface area contributed by atoms with Gasteiger partial charge in [0.2, 0.25) is 0 Å². The van der Waals surface area contributed by atoms with Crippen LogP contribution in [0.4, 0.5) is 4.39 Å². The summed E-state index contributed by atoms with van der Waals surface area (Å²) in [5, 5.41) is 0. The van der Waals surface area contributed by atoms with E-state index < -0.39 is 6.17 Å². The summed E-state index contributed by atoms with van der Waals surface area (Å²) >= 11 is 0. The quantitative estimate of drug-likeness (QED) is 0.530. The van der Waals surface area contributed by atoms with Crippen LogP contribution in [0.3, 0.4) is 0 Å². The van der Waals surface area contributed by atoms with Gasteiger partial charge in [0.15, 0.2) is 0 Å². The molecule has 1 heterocycles. The monoisotopic (exact) mass is 131 g/mol. The molecule has 53 valence electrons. The highest BCUT2D eigenvalue weighted by Crippen LogP contribution is 2.10. The number of rotatable bonds is 2. The van der Waals surface area contributed by atoms with Crippen LogP contribution >= 0.6 is 0 Å². The molecule has 0 spiro atoms. The van der Waals surface area contributed by atoms with Crippen LogP contribution in [0.2, 0.25) is 0 Å². The molecule has 1 rings (SSSR count). The van der Waals surface area contributed by atoms with Gasteiger partial charge in [0.05, 0.1) is 0 Å². The van der Waals surface area contributed by atoms with Gasteiger partial charge in [-0.1, -0.05) is 0 Å². The van der Waals surface area contributed by atoms with Crippen molar-refractivity contribution in [2.75, 3.05) is 26.2 Å². The van der Waals surface area contributed by atoms with Gasteiger partial charge >= 0.3 is 0 Å². The lowest BCUT2D eigenvalue weighted by molar-refractivity contribution is 0.292. The third-order valence-electron chi connectivity index (χ3n) is 1.64. The Morgan fingerprint density at radius 3 is 2.89 bits per heavy atom. The molecule has 1 fully saturated rings. The Morgan fingerprint density at radius 1 is 1.67 bits per heavy atom. The summed E-state index contributed by atoms with van der Waals surface area (Å²) in [6.45, 7) is 2.53. The summed E-state index contributed by atoms with van der Waals surface area (Å²) in [6, 6.07) is 0. The Labute approximate surface area is 54.8 Å². The molecule has 1 atom stereocenters. The molecule has 1 saturated heterocycles. The van der Waals surface area contributed by atoms with Gasteiger partial charge < -0.3 is 0 Å². The van der Waals surface area contributed by atoms with Crippen molar-refractivity contribution in [1.29, 1.82) is 0 Å². The molecule has 1 aliphatic rings. The summed E-state index contributed by atoms with van der Waals surface area (Å²) in [7, 11) is 0. The summed E-state index contributed by atoms with van der Waals surface area (Å²) in [6.07, 6.45) is 0.0385. The van der Waals surface area contributed by atoms with Crippen molar-refractivity contribution >= 4 is 0 Å². The number of hydrogen-bond donors (Lipinski definition) is 0. The van der Waals surface area contributed by atoms with Gasteiger partial charge in [-0.25, -0.2) is 4.39 Å². The molecular weight excluding hydrogens is 119 g/mol. The predicted octanol–water partition coefficient (Wildman–Crippen LogP) is 0.313. The first kappa shape index (κ1) is 6.96. The largest absolute Gasteiger partial charge is 0.299 e. The lowest BCUT2D eigenvalue weighted by Gasteiger charge is -2.10. The highest BCUT2D eigenvalue weighted by atomic mass is 19.1. The highest BCUT2D eigenvalue weighted by Gasteiger charge is 2.20. The minimum Gasteiger partial charge on any atom is -0.299 e. The number of nitrogens with one attached hydrogen (secondary N) is 1. The molecule has 0 unspecified atom stereocenters. The van der Waals surface area contributed by atoms with E-state index in [1.165, 1.54) is 0 Å². The van der Waals surface area contributed by atoms with E-state index in [0.717, 1.165) is 13.1 Å². The second-order valence-electron chi connectivity index (χ2n) is 2.44. The number of halogens is 1. The van der Waals surface area contributed by atoms with E-state index in [-0.39, 0.29) is 0 Å². The number of likely N-dealkylation sites (tertiary alicyclic amines) is 1. The average Bonchev–Trinajstić information content (AvgIpc) is 2.17. The Bertz CT molecular complexity index is 85.1. The summed E-state index contributed by atoms with van der Waals surface area (Å²) in [5.41, 5.74) is 6.87. The molecule has 0 aromatic heterocycles. The fraction of sp³-hybridized carbons (Fsp3) is 1.00. The van der Waals surface area contributed by atoms with Crippen LogP contribution in [-0.4, -0.2) is 37.3 Å². The average molecular weight is 131 g/mol. The van der Waals surface area contributed by atoms with E-state index in [4.69, 9.17) is 5.73 Å².